The minimum Gasteiger partial charge on any atom is -0.483 e. The van der Waals surface area contributed by atoms with Crippen LogP contribution in [0, 0.1) is 19.8 Å². The molecule has 1 aromatic carbocycles. The number of aldehydes is 1. The van der Waals surface area contributed by atoms with Crippen molar-refractivity contribution in [2.24, 2.45) is 5.92 Å². The number of aromatic nitrogens is 1. The second-order valence-corrected chi connectivity index (χ2v) is 7.74. The predicted octanol–water partition coefficient (Wildman–Crippen LogP) is 10.2. The van der Waals surface area contributed by atoms with E-state index in [9.17, 15) is 4.39 Å². The van der Waals surface area contributed by atoms with Crippen LogP contribution >= 0.6 is 0 Å². The van der Waals surface area contributed by atoms with E-state index in [1.165, 1.54) is 36.2 Å². The second-order valence-electron chi connectivity index (χ2n) is 7.74. The summed E-state index contributed by atoms with van der Waals surface area (Å²) in [6.45, 7) is 29.5. The molecule has 0 radical (unpaired) electrons. The summed E-state index contributed by atoms with van der Waals surface area (Å²) in [7, 11) is 0. The number of halogens is 1. The van der Waals surface area contributed by atoms with Crippen molar-refractivity contribution in [1.29, 1.82) is 0 Å². The van der Waals surface area contributed by atoms with E-state index in [1.54, 1.807) is 6.07 Å². The van der Waals surface area contributed by atoms with E-state index in [0.717, 1.165) is 31.5 Å². The standard InChI is InChI=1S/C11H15FO.C9H13N.C4H10.C2H4O.3C2H6.CH2O2/c1-3-5-10-6-4-7-11(8-10)13-9(2)12;1-4-9-5-7(2)8(3)6-10-9;1-4(2)3;1-2-3;3*1-2;2-1-3/h4,6-9H,3,5H2,1-2H3;5-6H,4H2,1-3H3;4H,1-3H3;2H,1H3;3*1-2H3;1H,(H,2,3). The summed E-state index contributed by atoms with van der Waals surface area (Å²) in [5.74, 6) is 1.45. The summed E-state index contributed by atoms with van der Waals surface area (Å²) in [6, 6.07) is 9.73. The summed E-state index contributed by atoms with van der Waals surface area (Å²) in [5, 5.41) is 6.89. The largest absolute Gasteiger partial charge is 0.483 e. The molecule has 0 amide bonds. The van der Waals surface area contributed by atoms with Gasteiger partial charge in [0.2, 0.25) is 6.36 Å². The molecular weight excluding hydrogens is 493 g/mol. The lowest BCUT2D eigenvalue weighted by atomic mass is 10.1. The van der Waals surface area contributed by atoms with Gasteiger partial charge in [-0.05, 0) is 74.4 Å². The molecule has 1 aromatic heterocycles. The number of carboxylic acid groups (broad SMARTS) is 1. The number of hydrogen-bond donors (Lipinski definition) is 1. The maximum absolute atomic E-state index is 12.5. The molecule has 2 rings (SSSR count). The zero-order chi connectivity index (χ0) is 32.2. The van der Waals surface area contributed by atoms with Gasteiger partial charge in [0.1, 0.15) is 12.0 Å². The van der Waals surface area contributed by atoms with Crippen molar-refractivity contribution >= 4 is 12.8 Å². The minimum absolute atomic E-state index is 0.250. The lowest BCUT2D eigenvalue weighted by Crippen LogP contribution is -2.03. The highest BCUT2D eigenvalue weighted by Crippen LogP contribution is 2.16. The summed E-state index contributed by atoms with van der Waals surface area (Å²) in [5.41, 5.74) is 4.99. The van der Waals surface area contributed by atoms with E-state index < -0.39 is 6.36 Å². The van der Waals surface area contributed by atoms with Gasteiger partial charge in [-0.3, -0.25) is 9.78 Å². The van der Waals surface area contributed by atoms with Gasteiger partial charge in [0.15, 0.2) is 0 Å². The highest BCUT2D eigenvalue weighted by molar-refractivity contribution is 5.44. The Morgan fingerprint density at radius 2 is 1.36 bits per heavy atom. The van der Waals surface area contributed by atoms with Crippen molar-refractivity contribution in [3.05, 3.63) is 58.9 Å². The number of benzene rings is 1. The molecule has 5 nitrogen and oxygen atoms in total. The van der Waals surface area contributed by atoms with Gasteiger partial charge < -0.3 is 14.6 Å². The Morgan fingerprint density at radius 3 is 1.69 bits per heavy atom. The van der Waals surface area contributed by atoms with Crippen molar-refractivity contribution in [2.45, 2.75) is 129 Å². The van der Waals surface area contributed by atoms with Crippen LogP contribution in [0.3, 0.4) is 0 Å². The average Bonchev–Trinajstić information content (AvgIpc) is 2.90. The Hall–Kier alpha value is -2.76. The Balaban J connectivity index is -0.0000000926. The highest BCUT2D eigenvalue weighted by atomic mass is 19.1. The van der Waals surface area contributed by atoms with Crippen LogP contribution in [0.4, 0.5) is 4.39 Å². The first-order valence-electron chi connectivity index (χ1n) is 14.3. The first-order chi connectivity index (χ1) is 18.5. The monoisotopic (exact) mass is 555 g/mol. The number of carbonyl (C=O) groups is 2. The molecule has 0 aliphatic rings. The van der Waals surface area contributed by atoms with E-state index in [4.69, 9.17) is 19.4 Å². The van der Waals surface area contributed by atoms with E-state index in [1.807, 2.05) is 65.9 Å². The van der Waals surface area contributed by atoms with Crippen LogP contribution in [-0.2, 0) is 22.4 Å². The van der Waals surface area contributed by atoms with Crippen LogP contribution in [0.5, 0.6) is 5.75 Å². The number of nitrogens with zero attached hydrogens (tertiary/aromatic N) is 1. The summed E-state index contributed by atoms with van der Waals surface area (Å²) < 4.78 is 17.4. The van der Waals surface area contributed by atoms with Crippen LogP contribution in [0.2, 0.25) is 0 Å². The molecule has 0 saturated carbocycles. The van der Waals surface area contributed by atoms with Crippen LogP contribution in [0.1, 0.15) is 119 Å². The Kier molecular flexibility index (Phi) is 53.4. The molecule has 230 valence electrons. The van der Waals surface area contributed by atoms with Gasteiger partial charge in [-0.25, -0.2) is 4.39 Å². The Morgan fingerprint density at radius 1 is 0.923 bits per heavy atom. The first-order valence-corrected chi connectivity index (χ1v) is 14.3. The number of aryl methyl sites for hydroxylation is 4. The summed E-state index contributed by atoms with van der Waals surface area (Å²) in [4.78, 5) is 21.4. The van der Waals surface area contributed by atoms with Crippen molar-refractivity contribution in [2.75, 3.05) is 0 Å². The fourth-order valence-corrected chi connectivity index (χ4v) is 2.13. The van der Waals surface area contributed by atoms with E-state index in [0.29, 0.717) is 5.75 Å². The van der Waals surface area contributed by atoms with Gasteiger partial charge in [0.25, 0.3) is 6.47 Å². The predicted molar refractivity (Wildman–Crippen MR) is 170 cm³/mol. The van der Waals surface area contributed by atoms with Crippen LogP contribution < -0.4 is 4.74 Å². The van der Waals surface area contributed by atoms with Gasteiger partial charge in [0, 0.05) is 18.8 Å². The van der Waals surface area contributed by atoms with Crippen molar-refractivity contribution in [1.82, 2.24) is 4.98 Å². The van der Waals surface area contributed by atoms with Crippen molar-refractivity contribution < 1.29 is 23.8 Å². The molecule has 0 aliphatic heterocycles. The van der Waals surface area contributed by atoms with Gasteiger partial charge in [-0.1, -0.05) is 94.7 Å². The number of carbonyl (C=O) groups excluding carboxylic acids is 1. The number of ether oxygens (including phenoxy) is 1. The smallest absolute Gasteiger partial charge is 0.290 e. The Bertz CT molecular complexity index is 727. The molecule has 0 bridgehead atoms. The Labute approximate surface area is 241 Å². The third-order valence-corrected chi connectivity index (χ3v) is 3.53. The number of pyridine rings is 1. The fraction of sp³-hybridized carbons (Fsp3) is 0.606. The van der Waals surface area contributed by atoms with Gasteiger partial charge in [0.05, 0.1) is 0 Å². The molecule has 6 heteroatoms. The molecule has 0 fully saturated rings. The quantitative estimate of drug-likeness (QED) is 0.371. The molecule has 0 saturated heterocycles. The molecule has 1 heterocycles. The van der Waals surface area contributed by atoms with E-state index in [-0.39, 0.29) is 6.47 Å². The molecular formula is C33H62FNO4. The normalized spacial score (nSPS) is 8.74. The summed E-state index contributed by atoms with van der Waals surface area (Å²) >= 11 is 0. The van der Waals surface area contributed by atoms with Crippen LogP contribution in [0.15, 0.2) is 36.5 Å². The first kappa shape index (κ1) is 49.2. The molecule has 1 atom stereocenters. The number of hydrogen-bond acceptors (Lipinski definition) is 4. The van der Waals surface area contributed by atoms with Crippen LogP contribution in [0.25, 0.3) is 0 Å². The molecule has 39 heavy (non-hydrogen) atoms. The molecule has 2 aromatic rings. The minimum atomic E-state index is -1.24. The molecule has 0 aliphatic carbocycles. The molecule has 1 unspecified atom stereocenters. The molecule has 1 N–H and O–H groups in total. The third kappa shape index (κ3) is 45.5. The average molecular weight is 556 g/mol. The SMILES string of the molecule is CC.CC.CC.CC(C)C.CC=O.CCCc1cccc(OC(C)F)c1.CCc1cc(C)c(C)cn1.O=CO. The summed E-state index contributed by atoms with van der Waals surface area (Å²) in [6.07, 6.45) is 4.58. The van der Waals surface area contributed by atoms with E-state index in [2.05, 4.69) is 59.5 Å². The topological polar surface area (TPSA) is 76.5 Å². The lowest BCUT2D eigenvalue weighted by Gasteiger charge is -2.07. The van der Waals surface area contributed by atoms with Gasteiger partial charge in [-0.2, -0.15) is 0 Å². The van der Waals surface area contributed by atoms with Gasteiger partial charge >= 0.3 is 0 Å². The zero-order valence-electron chi connectivity index (χ0n) is 27.9. The zero-order valence-corrected chi connectivity index (χ0v) is 27.9. The molecule has 0 spiro atoms. The lowest BCUT2D eigenvalue weighted by molar-refractivity contribution is -0.122. The van der Waals surface area contributed by atoms with Crippen molar-refractivity contribution in [3.8, 4) is 5.75 Å². The maximum atomic E-state index is 12.5. The number of rotatable bonds is 5. The highest BCUT2D eigenvalue weighted by Gasteiger charge is 2.00. The second kappa shape index (κ2) is 42.3. The van der Waals surface area contributed by atoms with E-state index >= 15 is 0 Å². The maximum Gasteiger partial charge on any atom is 0.290 e. The number of alkyl halides is 1. The van der Waals surface area contributed by atoms with Crippen LogP contribution in [-0.4, -0.2) is 29.2 Å². The van der Waals surface area contributed by atoms with Gasteiger partial charge in [-0.15, -0.1) is 0 Å². The third-order valence-electron chi connectivity index (χ3n) is 3.53. The fourth-order valence-electron chi connectivity index (χ4n) is 2.13. The van der Waals surface area contributed by atoms with Crippen molar-refractivity contribution in [3.63, 3.8) is 0 Å².